The Morgan fingerprint density at radius 1 is 1.09 bits per heavy atom. The minimum absolute atomic E-state index is 0.0874. The smallest absolute Gasteiger partial charge is 0.240 e. The van der Waals surface area contributed by atoms with Gasteiger partial charge in [-0.05, 0) is 31.7 Å². The molecule has 1 fully saturated rings. The number of nitrogens with zero attached hydrogens (tertiary/aromatic N) is 4. The van der Waals surface area contributed by atoms with E-state index in [-0.39, 0.29) is 11.9 Å². The van der Waals surface area contributed by atoms with Gasteiger partial charge in [-0.2, -0.15) is 0 Å². The van der Waals surface area contributed by atoms with Crippen LogP contribution in [0.3, 0.4) is 0 Å². The van der Waals surface area contributed by atoms with E-state index in [2.05, 4.69) is 53.4 Å². The first-order valence-corrected chi connectivity index (χ1v) is 11.4. The maximum absolute atomic E-state index is 12.8. The molecule has 1 amide bonds. The topological polar surface area (TPSA) is 73.4 Å². The molecule has 7 nitrogen and oxygen atoms in total. The van der Waals surface area contributed by atoms with Gasteiger partial charge in [0.25, 0.3) is 0 Å². The van der Waals surface area contributed by atoms with E-state index in [0.29, 0.717) is 24.7 Å². The number of nitrogens with one attached hydrogen (secondary N) is 1. The molecular formula is C26H29N5O2. The second kappa shape index (κ2) is 9.29. The molecule has 1 unspecified atom stereocenters. The fraction of sp³-hybridized carbons (Fsp3) is 0.346. The SMILES string of the molecule is Cc1ccc(C2CC(c3cc4ccccc4o3)=NC(NC(=O)CN3CCN(C)CC3)=N2)cc1. The van der Waals surface area contributed by atoms with Crippen molar-refractivity contribution in [3.05, 3.63) is 71.5 Å². The molecule has 2 aromatic carbocycles. The number of benzene rings is 2. The summed E-state index contributed by atoms with van der Waals surface area (Å²) in [7, 11) is 2.10. The molecule has 0 bridgehead atoms. The van der Waals surface area contributed by atoms with Crippen molar-refractivity contribution >= 4 is 28.5 Å². The summed E-state index contributed by atoms with van der Waals surface area (Å²) in [5.41, 5.74) is 3.91. The first-order chi connectivity index (χ1) is 16.0. The van der Waals surface area contributed by atoms with E-state index in [1.54, 1.807) is 0 Å². The molecule has 2 aliphatic rings. The first-order valence-electron chi connectivity index (χ1n) is 11.4. The molecule has 0 radical (unpaired) electrons. The fourth-order valence-electron chi connectivity index (χ4n) is 4.27. The van der Waals surface area contributed by atoms with Crippen molar-refractivity contribution in [2.45, 2.75) is 19.4 Å². The number of carbonyl (C=O) groups is 1. The van der Waals surface area contributed by atoms with Crippen molar-refractivity contribution < 1.29 is 9.21 Å². The Labute approximate surface area is 193 Å². The largest absolute Gasteiger partial charge is 0.455 e. The molecule has 1 N–H and O–H groups in total. The predicted molar refractivity (Wildman–Crippen MR) is 131 cm³/mol. The number of para-hydroxylation sites is 1. The van der Waals surface area contributed by atoms with Crippen LogP contribution >= 0.6 is 0 Å². The van der Waals surface area contributed by atoms with Crippen molar-refractivity contribution in [2.75, 3.05) is 39.8 Å². The summed E-state index contributed by atoms with van der Waals surface area (Å²) >= 11 is 0. The van der Waals surface area contributed by atoms with Gasteiger partial charge in [0.15, 0.2) is 0 Å². The molecule has 1 saturated heterocycles. The van der Waals surface area contributed by atoms with E-state index >= 15 is 0 Å². The molecule has 1 aromatic heterocycles. The molecule has 5 rings (SSSR count). The van der Waals surface area contributed by atoms with Gasteiger partial charge < -0.3 is 9.32 Å². The third-order valence-corrected chi connectivity index (χ3v) is 6.29. The Kier molecular flexibility index (Phi) is 6.07. The number of rotatable bonds is 4. The number of aliphatic imine (C=N–C) groups is 2. The number of guanidine groups is 1. The maximum Gasteiger partial charge on any atom is 0.240 e. The highest BCUT2D eigenvalue weighted by Crippen LogP contribution is 2.29. The Morgan fingerprint density at radius 2 is 1.85 bits per heavy atom. The van der Waals surface area contributed by atoms with E-state index in [0.717, 1.165) is 48.4 Å². The van der Waals surface area contributed by atoms with Gasteiger partial charge in [0.2, 0.25) is 11.9 Å². The number of likely N-dealkylation sites (N-methyl/N-ethyl adjacent to an activating group) is 1. The highest BCUT2D eigenvalue weighted by Gasteiger charge is 2.25. The number of fused-ring (bicyclic) bond motifs is 1. The highest BCUT2D eigenvalue weighted by atomic mass is 16.3. The number of piperazine rings is 1. The van der Waals surface area contributed by atoms with Crippen molar-refractivity contribution in [2.24, 2.45) is 9.98 Å². The lowest BCUT2D eigenvalue weighted by atomic mass is 9.98. The number of aryl methyl sites for hydroxylation is 1. The van der Waals surface area contributed by atoms with Gasteiger partial charge in [-0.3, -0.25) is 15.0 Å². The van der Waals surface area contributed by atoms with Crippen LogP contribution in [0.4, 0.5) is 0 Å². The summed E-state index contributed by atoms with van der Waals surface area (Å²) in [5, 5.41) is 3.98. The number of amides is 1. The second-order valence-corrected chi connectivity index (χ2v) is 8.92. The van der Waals surface area contributed by atoms with Crippen LogP contribution in [0, 0.1) is 6.92 Å². The molecule has 3 aromatic rings. The number of carbonyl (C=O) groups excluding carboxylic acids is 1. The molecule has 1 atom stereocenters. The summed E-state index contributed by atoms with van der Waals surface area (Å²) < 4.78 is 6.08. The Hall–Kier alpha value is -3.29. The van der Waals surface area contributed by atoms with Gasteiger partial charge in [-0.25, -0.2) is 9.98 Å². The lowest BCUT2D eigenvalue weighted by Crippen LogP contribution is -2.48. The van der Waals surface area contributed by atoms with E-state index in [9.17, 15) is 4.79 Å². The zero-order chi connectivity index (χ0) is 22.8. The number of hydrogen-bond donors (Lipinski definition) is 1. The van der Waals surface area contributed by atoms with Crippen LogP contribution in [-0.2, 0) is 4.79 Å². The average Bonchev–Trinajstić information content (AvgIpc) is 3.25. The van der Waals surface area contributed by atoms with Crippen LogP contribution in [0.25, 0.3) is 11.0 Å². The predicted octanol–water partition coefficient (Wildman–Crippen LogP) is 3.39. The summed E-state index contributed by atoms with van der Waals surface area (Å²) in [6.45, 7) is 6.12. The zero-order valence-corrected chi connectivity index (χ0v) is 19.1. The van der Waals surface area contributed by atoms with E-state index in [4.69, 9.17) is 14.4 Å². The van der Waals surface area contributed by atoms with Crippen LogP contribution in [-0.4, -0.2) is 67.1 Å². The minimum atomic E-state index is -0.134. The molecule has 33 heavy (non-hydrogen) atoms. The van der Waals surface area contributed by atoms with E-state index in [1.807, 2.05) is 30.3 Å². The molecule has 0 spiro atoms. The molecule has 2 aliphatic heterocycles. The maximum atomic E-state index is 12.8. The second-order valence-electron chi connectivity index (χ2n) is 8.92. The summed E-state index contributed by atoms with van der Waals surface area (Å²) in [6.07, 6.45) is 0.612. The molecule has 3 heterocycles. The van der Waals surface area contributed by atoms with Crippen molar-refractivity contribution in [1.82, 2.24) is 15.1 Å². The molecule has 7 heteroatoms. The van der Waals surface area contributed by atoms with Gasteiger partial charge in [-0.1, -0.05) is 48.0 Å². The van der Waals surface area contributed by atoms with E-state index < -0.39 is 0 Å². The number of furan rings is 1. The fourth-order valence-corrected chi connectivity index (χ4v) is 4.27. The van der Waals surface area contributed by atoms with Gasteiger partial charge >= 0.3 is 0 Å². The van der Waals surface area contributed by atoms with Crippen LogP contribution in [0.1, 0.15) is 29.3 Å². The van der Waals surface area contributed by atoms with Crippen LogP contribution in [0.5, 0.6) is 0 Å². The van der Waals surface area contributed by atoms with Gasteiger partial charge in [-0.15, -0.1) is 0 Å². The first kappa shape index (κ1) is 21.6. The lowest BCUT2D eigenvalue weighted by molar-refractivity contribution is -0.121. The average molecular weight is 444 g/mol. The van der Waals surface area contributed by atoms with Crippen LogP contribution in [0.2, 0.25) is 0 Å². The Balaban J connectivity index is 1.39. The Morgan fingerprint density at radius 3 is 2.61 bits per heavy atom. The summed E-state index contributed by atoms with van der Waals surface area (Å²) in [5.74, 6) is 0.978. The number of hydrogen-bond acceptors (Lipinski definition) is 6. The van der Waals surface area contributed by atoms with Gasteiger partial charge in [0.05, 0.1) is 18.3 Å². The Bertz CT molecular complexity index is 1170. The molecule has 170 valence electrons. The lowest BCUT2D eigenvalue weighted by Gasteiger charge is -2.31. The third-order valence-electron chi connectivity index (χ3n) is 6.29. The quantitative estimate of drug-likeness (QED) is 0.671. The minimum Gasteiger partial charge on any atom is -0.455 e. The normalized spacial score (nSPS) is 19.9. The molecule has 0 saturated carbocycles. The van der Waals surface area contributed by atoms with E-state index in [1.165, 1.54) is 5.56 Å². The highest BCUT2D eigenvalue weighted by molar-refractivity contribution is 6.11. The summed E-state index contributed by atoms with van der Waals surface area (Å²) in [6, 6.07) is 18.2. The van der Waals surface area contributed by atoms with Gasteiger partial charge in [0, 0.05) is 38.0 Å². The molecule has 0 aliphatic carbocycles. The van der Waals surface area contributed by atoms with Crippen molar-refractivity contribution in [1.29, 1.82) is 0 Å². The van der Waals surface area contributed by atoms with Crippen LogP contribution < -0.4 is 5.32 Å². The zero-order valence-electron chi connectivity index (χ0n) is 19.1. The van der Waals surface area contributed by atoms with Crippen LogP contribution in [0.15, 0.2) is 69.0 Å². The third kappa shape index (κ3) is 5.05. The standard InChI is InChI=1S/C26H29N5O2/c1-18-7-9-19(10-8-18)21-16-22(24-15-20-5-3-4-6-23(20)33-24)28-26(27-21)29-25(32)17-31-13-11-30(2)12-14-31/h3-10,15,21H,11-14,16-17H2,1-2H3,(H,27,29,32). The van der Waals surface area contributed by atoms with Crippen molar-refractivity contribution in [3.63, 3.8) is 0 Å². The summed E-state index contributed by atoms with van der Waals surface area (Å²) in [4.78, 5) is 26.7. The van der Waals surface area contributed by atoms with Gasteiger partial charge in [0.1, 0.15) is 11.3 Å². The molecular weight excluding hydrogens is 414 g/mol. The van der Waals surface area contributed by atoms with Crippen molar-refractivity contribution in [3.8, 4) is 0 Å². The monoisotopic (exact) mass is 443 g/mol.